The van der Waals surface area contributed by atoms with Gasteiger partial charge in [-0.3, -0.25) is 9.78 Å². The van der Waals surface area contributed by atoms with E-state index < -0.39 is 0 Å². The van der Waals surface area contributed by atoms with E-state index in [1.54, 1.807) is 29.8 Å². The van der Waals surface area contributed by atoms with Crippen LogP contribution >= 0.6 is 11.3 Å². The zero-order chi connectivity index (χ0) is 15.2. The molecule has 22 heavy (non-hydrogen) atoms. The highest BCUT2D eigenvalue weighted by Gasteiger charge is 2.23. The number of rotatable bonds is 4. The fraction of sp³-hybridized carbons (Fsp3) is 0.294. The first kappa shape index (κ1) is 14.8. The van der Waals surface area contributed by atoms with Gasteiger partial charge in [-0.1, -0.05) is 6.07 Å². The van der Waals surface area contributed by atoms with Gasteiger partial charge in [0, 0.05) is 29.9 Å². The van der Waals surface area contributed by atoms with Gasteiger partial charge in [-0.05, 0) is 42.5 Å². The molecule has 2 aromatic rings. The second-order valence-electron chi connectivity index (χ2n) is 5.20. The number of piperidine rings is 1. The van der Waals surface area contributed by atoms with E-state index in [0.29, 0.717) is 6.54 Å². The lowest BCUT2D eigenvalue weighted by atomic mass is 10.1. The van der Waals surface area contributed by atoms with Gasteiger partial charge in [0.05, 0.1) is 6.54 Å². The molecule has 1 aliphatic heterocycles. The molecule has 1 aliphatic rings. The topological polar surface area (TPSA) is 42.4 Å². The Bertz CT molecular complexity index is 625. The van der Waals surface area contributed by atoms with Gasteiger partial charge in [0.1, 0.15) is 11.9 Å². The first-order valence-electron chi connectivity index (χ1n) is 7.38. The molecule has 3 heterocycles. The maximum atomic E-state index is 12.3. The van der Waals surface area contributed by atoms with Crippen molar-refractivity contribution in [3.63, 3.8) is 0 Å². The summed E-state index contributed by atoms with van der Waals surface area (Å²) in [5.41, 5.74) is 0. The second-order valence-corrected chi connectivity index (χ2v) is 6.18. The molecule has 0 spiro atoms. The van der Waals surface area contributed by atoms with E-state index in [2.05, 4.69) is 4.98 Å². The Balaban J connectivity index is 1.57. The molecule has 5 heteroatoms. The Hall–Kier alpha value is -2.14. The molecule has 3 rings (SSSR count). The molecule has 0 aromatic carbocycles. The van der Waals surface area contributed by atoms with Crippen LogP contribution < -0.4 is 4.74 Å². The number of thiophene rings is 1. The summed E-state index contributed by atoms with van der Waals surface area (Å²) in [6, 6.07) is 7.67. The molecular weight excluding hydrogens is 296 g/mol. The van der Waals surface area contributed by atoms with Crippen LogP contribution in [-0.4, -0.2) is 35.0 Å². The largest absolute Gasteiger partial charge is 0.488 e. The number of carbonyl (C=O) groups excluding carboxylic acids is 1. The van der Waals surface area contributed by atoms with Gasteiger partial charge in [-0.2, -0.15) is 0 Å². The number of aromatic nitrogens is 1. The normalized spacial score (nSPS) is 18.5. The predicted molar refractivity (Wildman–Crippen MR) is 87.8 cm³/mol. The molecule has 1 amide bonds. The van der Waals surface area contributed by atoms with Crippen molar-refractivity contribution in [2.24, 2.45) is 0 Å². The third kappa shape index (κ3) is 3.95. The fourth-order valence-electron chi connectivity index (χ4n) is 2.49. The first-order chi connectivity index (χ1) is 10.8. The Morgan fingerprint density at radius 1 is 1.36 bits per heavy atom. The molecule has 1 atom stereocenters. The Kier molecular flexibility index (Phi) is 4.85. The lowest BCUT2D eigenvalue weighted by molar-refractivity contribution is -0.128. The first-order valence-corrected chi connectivity index (χ1v) is 8.26. The lowest BCUT2D eigenvalue weighted by Gasteiger charge is -2.32. The average molecular weight is 314 g/mol. The number of hydrogen-bond donors (Lipinski definition) is 0. The average Bonchev–Trinajstić information content (AvgIpc) is 3.07. The molecule has 1 fully saturated rings. The third-order valence-corrected chi connectivity index (χ3v) is 4.41. The van der Waals surface area contributed by atoms with Gasteiger partial charge < -0.3 is 9.64 Å². The van der Waals surface area contributed by atoms with E-state index in [-0.39, 0.29) is 12.0 Å². The van der Waals surface area contributed by atoms with Crippen molar-refractivity contribution < 1.29 is 9.53 Å². The molecule has 0 bridgehead atoms. The van der Waals surface area contributed by atoms with Crippen molar-refractivity contribution in [3.8, 4) is 5.75 Å². The summed E-state index contributed by atoms with van der Waals surface area (Å²) in [6.07, 6.45) is 8.95. The van der Waals surface area contributed by atoms with Gasteiger partial charge in [-0.25, -0.2) is 0 Å². The van der Waals surface area contributed by atoms with Gasteiger partial charge in [0.2, 0.25) is 5.91 Å². The van der Waals surface area contributed by atoms with Crippen LogP contribution in [0.3, 0.4) is 0 Å². The number of nitrogens with zero attached hydrogens (tertiary/aromatic N) is 2. The minimum absolute atomic E-state index is 0.0511. The quantitative estimate of drug-likeness (QED) is 0.814. The standard InChI is InChI=1S/C17H18N2O2S/c20-17(6-5-16-4-2-12-22-16)19-11-1-3-15(13-19)21-14-7-9-18-10-8-14/h2,4-10,12,15H,1,3,11,13H2. The van der Waals surface area contributed by atoms with Crippen molar-refractivity contribution in [2.45, 2.75) is 18.9 Å². The molecule has 1 saturated heterocycles. The summed E-state index contributed by atoms with van der Waals surface area (Å²) in [7, 11) is 0. The number of hydrogen-bond acceptors (Lipinski definition) is 4. The molecule has 0 N–H and O–H groups in total. The lowest BCUT2D eigenvalue weighted by Crippen LogP contribution is -2.43. The minimum atomic E-state index is 0.0511. The maximum absolute atomic E-state index is 12.3. The minimum Gasteiger partial charge on any atom is -0.488 e. The van der Waals surface area contributed by atoms with Crippen LogP contribution in [0.1, 0.15) is 17.7 Å². The van der Waals surface area contributed by atoms with Gasteiger partial charge in [-0.15, -0.1) is 11.3 Å². The molecule has 4 nitrogen and oxygen atoms in total. The highest BCUT2D eigenvalue weighted by Crippen LogP contribution is 2.18. The summed E-state index contributed by atoms with van der Waals surface area (Å²) in [6.45, 7) is 1.43. The van der Waals surface area contributed by atoms with Crippen LogP contribution in [0.2, 0.25) is 0 Å². The van der Waals surface area contributed by atoms with Crippen molar-refractivity contribution in [2.75, 3.05) is 13.1 Å². The van der Waals surface area contributed by atoms with E-state index in [9.17, 15) is 4.79 Å². The molecule has 0 radical (unpaired) electrons. The van der Waals surface area contributed by atoms with E-state index in [4.69, 9.17) is 4.74 Å². The number of pyridine rings is 1. The number of likely N-dealkylation sites (tertiary alicyclic amines) is 1. The summed E-state index contributed by atoms with van der Waals surface area (Å²) in [5.74, 6) is 0.861. The van der Waals surface area contributed by atoms with E-state index in [1.807, 2.05) is 40.6 Å². The van der Waals surface area contributed by atoms with Crippen LogP contribution in [0.25, 0.3) is 6.08 Å². The maximum Gasteiger partial charge on any atom is 0.246 e. The Morgan fingerprint density at radius 2 is 2.23 bits per heavy atom. The van der Waals surface area contributed by atoms with E-state index in [0.717, 1.165) is 30.0 Å². The number of amides is 1. The van der Waals surface area contributed by atoms with Gasteiger partial charge in [0.15, 0.2) is 0 Å². The van der Waals surface area contributed by atoms with E-state index >= 15 is 0 Å². The van der Waals surface area contributed by atoms with Crippen LogP contribution in [0.5, 0.6) is 5.75 Å². The number of carbonyl (C=O) groups is 1. The smallest absolute Gasteiger partial charge is 0.246 e. The second kappa shape index (κ2) is 7.22. The van der Waals surface area contributed by atoms with Gasteiger partial charge in [0.25, 0.3) is 0 Å². The molecule has 0 aliphatic carbocycles. The van der Waals surface area contributed by atoms with Crippen LogP contribution in [0, 0.1) is 0 Å². The van der Waals surface area contributed by atoms with Gasteiger partial charge >= 0.3 is 0 Å². The SMILES string of the molecule is O=C(C=Cc1cccs1)N1CCCC(Oc2ccncc2)C1. The summed E-state index contributed by atoms with van der Waals surface area (Å²) >= 11 is 1.63. The molecule has 1 unspecified atom stereocenters. The summed E-state index contributed by atoms with van der Waals surface area (Å²) in [4.78, 5) is 19.2. The van der Waals surface area contributed by atoms with Crippen LogP contribution in [0.15, 0.2) is 48.1 Å². The molecule has 0 saturated carbocycles. The summed E-state index contributed by atoms with van der Waals surface area (Å²) < 4.78 is 5.93. The third-order valence-electron chi connectivity index (χ3n) is 3.58. The van der Waals surface area contributed by atoms with Crippen molar-refractivity contribution in [3.05, 3.63) is 53.0 Å². The zero-order valence-electron chi connectivity index (χ0n) is 12.2. The van der Waals surface area contributed by atoms with E-state index in [1.165, 1.54) is 0 Å². The van der Waals surface area contributed by atoms with Crippen LogP contribution in [0.4, 0.5) is 0 Å². The summed E-state index contributed by atoms with van der Waals surface area (Å²) in [5, 5.41) is 2.00. The predicted octanol–water partition coefficient (Wildman–Crippen LogP) is 3.23. The molecule has 2 aromatic heterocycles. The highest BCUT2D eigenvalue weighted by molar-refractivity contribution is 7.10. The Labute approximate surface area is 134 Å². The number of ether oxygens (including phenoxy) is 1. The molecule has 114 valence electrons. The van der Waals surface area contributed by atoms with Crippen molar-refractivity contribution in [1.29, 1.82) is 0 Å². The molecular formula is C17H18N2O2S. The zero-order valence-corrected chi connectivity index (χ0v) is 13.0. The van der Waals surface area contributed by atoms with Crippen LogP contribution in [-0.2, 0) is 4.79 Å². The monoisotopic (exact) mass is 314 g/mol. The van der Waals surface area contributed by atoms with Crippen molar-refractivity contribution >= 4 is 23.3 Å². The Morgan fingerprint density at radius 3 is 3.00 bits per heavy atom. The van der Waals surface area contributed by atoms with Crippen molar-refractivity contribution in [1.82, 2.24) is 9.88 Å². The highest BCUT2D eigenvalue weighted by atomic mass is 32.1. The fourth-order valence-corrected chi connectivity index (χ4v) is 3.11.